The van der Waals surface area contributed by atoms with Gasteiger partial charge in [-0.15, -0.1) is 0 Å². The first-order valence-electron chi connectivity index (χ1n) is 13.0. The zero-order valence-corrected chi connectivity index (χ0v) is 19.5. The topological polar surface area (TPSA) is 90.5 Å². The van der Waals surface area contributed by atoms with Crippen molar-refractivity contribution in [2.24, 2.45) is 23.7 Å². The molecule has 4 amide bonds. The third kappa shape index (κ3) is 4.76. The Kier molecular flexibility index (Phi) is 6.10. The van der Waals surface area contributed by atoms with Gasteiger partial charge in [-0.25, -0.2) is 9.59 Å². The number of nitrogens with one attached hydrogen (secondary N) is 3. The van der Waals surface area contributed by atoms with Crippen LogP contribution in [0.1, 0.15) is 84.0 Å². The van der Waals surface area contributed by atoms with Gasteiger partial charge in [-0.3, -0.25) is 4.79 Å². The highest BCUT2D eigenvalue weighted by Gasteiger charge is 2.51. The monoisotopic (exact) mass is 444 g/mol. The highest BCUT2D eigenvalue weighted by molar-refractivity contribution is 5.78. The van der Waals surface area contributed by atoms with Gasteiger partial charge in [0.15, 0.2) is 0 Å². The number of ketones is 1. The molecule has 7 nitrogen and oxygen atoms in total. The first-order valence-corrected chi connectivity index (χ1v) is 13.0. The maximum Gasteiger partial charge on any atom is 0.317 e. The van der Waals surface area contributed by atoms with Crippen molar-refractivity contribution >= 4 is 17.8 Å². The summed E-state index contributed by atoms with van der Waals surface area (Å²) in [5.41, 5.74) is 0.0425. The van der Waals surface area contributed by atoms with Gasteiger partial charge in [-0.05, 0) is 102 Å². The van der Waals surface area contributed by atoms with Crippen LogP contribution in [-0.2, 0) is 4.79 Å². The lowest BCUT2D eigenvalue weighted by Gasteiger charge is -2.56. The minimum Gasteiger partial charge on any atom is -0.335 e. The molecule has 6 rings (SSSR count). The average Bonchev–Trinajstić information content (AvgIpc) is 2.73. The van der Waals surface area contributed by atoms with Gasteiger partial charge < -0.3 is 20.9 Å². The fourth-order valence-electron chi connectivity index (χ4n) is 7.86. The number of carbonyl (C=O) groups is 3. The number of urea groups is 2. The second-order valence-corrected chi connectivity index (χ2v) is 11.7. The lowest BCUT2D eigenvalue weighted by Crippen LogP contribution is -2.62. The summed E-state index contributed by atoms with van der Waals surface area (Å²) in [6, 6.07) is 0.323. The van der Waals surface area contributed by atoms with Gasteiger partial charge in [0.1, 0.15) is 5.78 Å². The summed E-state index contributed by atoms with van der Waals surface area (Å²) in [5.74, 6) is 2.91. The van der Waals surface area contributed by atoms with Crippen LogP contribution in [0.15, 0.2) is 0 Å². The summed E-state index contributed by atoms with van der Waals surface area (Å²) in [5, 5.41) is 9.78. The largest absolute Gasteiger partial charge is 0.335 e. The highest BCUT2D eigenvalue weighted by Crippen LogP contribution is 2.55. The van der Waals surface area contributed by atoms with E-state index in [4.69, 9.17) is 0 Å². The number of hydrogen-bond acceptors (Lipinski definition) is 3. The SMILES string of the molecule is CC(=O)C1CCC(NC(=O)N2CCC(NC(=O)NC34CC5CC(CC(C5)C3)C4)CC2)CC1. The van der Waals surface area contributed by atoms with E-state index in [1.165, 1.54) is 38.5 Å². The van der Waals surface area contributed by atoms with E-state index in [1.54, 1.807) is 6.92 Å². The predicted octanol–water partition coefficient (Wildman–Crippen LogP) is 3.58. The number of piperidine rings is 1. The Bertz CT molecular complexity index is 702. The van der Waals surface area contributed by atoms with Crippen LogP contribution in [0.25, 0.3) is 0 Å². The van der Waals surface area contributed by atoms with E-state index in [2.05, 4.69) is 16.0 Å². The molecule has 0 aromatic carbocycles. The molecule has 6 fully saturated rings. The first kappa shape index (κ1) is 22.0. The highest BCUT2D eigenvalue weighted by atomic mass is 16.2. The smallest absolute Gasteiger partial charge is 0.317 e. The van der Waals surface area contributed by atoms with Crippen molar-refractivity contribution in [3.63, 3.8) is 0 Å². The molecule has 1 heterocycles. The standard InChI is InChI=1S/C25H40N4O3/c1-16(30)20-2-4-21(5-3-20)27-24(32)29-8-6-22(7-9-29)26-23(31)28-25-13-17-10-18(14-25)12-19(11-17)15-25/h17-22H,2-15H2,1H3,(H,27,32)(H2,26,28,31). The Labute approximate surface area is 191 Å². The predicted molar refractivity (Wildman–Crippen MR) is 122 cm³/mol. The molecule has 0 spiro atoms. The second kappa shape index (κ2) is 8.86. The van der Waals surface area contributed by atoms with E-state index < -0.39 is 0 Å². The van der Waals surface area contributed by atoms with Crippen LogP contribution in [0.3, 0.4) is 0 Å². The minimum atomic E-state index is -0.00270. The fourth-order valence-corrected chi connectivity index (χ4v) is 7.86. The van der Waals surface area contributed by atoms with Gasteiger partial charge in [0.05, 0.1) is 0 Å². The molecule has 1 saturated heterocycles. The van der Waals surface area contributed by atoms with Crippen molar-refractivity contribution in [2.75, 3.05) is 13.1 Å². The zero-order chi connectivity index (χ0) is 22.3. The van der Waals surface area contributed by atoms with Crippen molar-refractivity contribution in [2.45, 2.75) is 102 Å². The second-order valence-electron chi connectivity index (χ2n) is 11.7. The van der Waals surface area contributed by atoms with Gasteiger partial charge in [0.25, 0.3) is 0 Å². The molecule has 1 aliphatic heterocycles. The normalized spacial score (nSPS) is 38.9. The van der Waals surface area contributed by atoms with Gasteiger partial charge in [0, 0.05) is 36.6 Å². The number of Topliss-reactive ketones (excluding diaryl/α,β-unsaturated/α-hetero) is 1. The van der Waals surface area contributed by atoms with Crippen molar-refractivity contribution in [3.05, 3.63) is 0 Å². The molecular weight excluding hydrogens is 404 g/mol. The maximum atomic E-state index is 12.8. The quantitative estimate of drug-likeness (QED) is 0.619. The lowest BCUT2D eigenvalue weighted by molar-refractivity contribution is -0.121. The van der Waals surface area contributed by atoms with Crippen LogP contribution in [-0.4, -0.2) is 53.5 Å². The van der Waals surface area contributed by atoms with Crippen LogP contribution >= 0.6 is 0 Å². The van der Waals surface area contributed by atoms with Crippen molar-refractivity contribution in [1.29, 1.82) is 0 Å². The third-order valence-corrected chi connectivity index (χ3v) is 9.16. The van der Waals surface area contributed by atoms with Crippen LogP contribution in [0.4, 0.5) is 9.59 Å². The van der Waals surface area contributed by atoms with E-state index in [9.17, 15) is 14.4 Å². The van der Waals surface area contributed by atoms with Gasteiger partial charge in [-0.2, -0.15) is 0 Å². The number of likely N-dealkylation sites (tertiary alicyclic amines) is 1. The molecule has 4 bridgehead atoms. The number of carbonyl (C=O) groups excluding carboxylic acids is 3. The first-order chi connectivity index (χ1) is 15.4. The molecule has 5 aliphatic carbocycles. The summed E-state index contributed by atoms with van der Waals surface area (Å²) in [4.78, 5) is 38.9. The van der Waals surface area contributed by atoms with Crippen LogP contribution in [0.2, 0.25) is 0 Å². The Morgan fingerprint density at radius 2 is 1.28 bits per heavy atom. The molecule has 0 atom stereocenters. The Morgan fingerprint density at radius 1 is 0.750 bits per heavy atom. The molecule has 0 aromatic heterocycles. The summed E-state index contributed by atoms with van der Waals surface area (Å²) >= 11 is 0. The molecule has 178 valence electrons. The van der Waals surface area contributed by atoms with E-state index in [0.29, 0.717) is 13.1 Å². The van der Waals surface area contributed by atoms with Gasteiger partial charge in [-0.1, -0.05) is 0 Å². The minimum absolute atomic E-state index is 0.00270. The third-order valence-electron chi connectivity index (χ3n) is 9.16. The number of amides is 4. The molecule has 5 saturated carbocycles. The molecular formula is C25H40N4O3. The molecule has 7 heteroatoms. The van der Waals surface area contributed by atoms with E-state index >= 15 is 0 Å². The summed E-state index contributed by atoms with van der Waals surface area (Å²) < 4.78 is 0. The molecule has 0 aromatic rings. The van der Waals surface area contributed by atoms with Gasteiger partial charge in [0.2, 0.25) is 0 Å². The van der Waals surface area contributed by atoms with Crippen LogP contribution < -0.4 is 16.0 Å². The van der Waals surface area contributed by atoms with Crippen LogP contribution in [0, 0.1) is 23.7 Å². The Hall–Kier alpha value is -1.79. The fraction of sp³-hybridized carbons (Fsp3) is 0.880. The number of hydrogen-bond donors (Lipinski definition) is 3. The molecule has 0 radical (unpaired) electrons. The molecule has 32 heavy (non-hydrogen) atoms. The van der Waals surface area contributed by atoms with Crippen molar-refractivity contribution in [1.82, 2.24) is 20.9 Å². The molecule has 6 aliphatic rings. The van der Waals surface area contributed by atoms with Gasteiger partial charge >= 0.3 is 12.1 Å². The average molecular weight is 445 g/mol. The molecule has 3 N–H and O–H groups in total. The lowest BCUT2D eigenvalue weighted by atomic mass is 9.53. The summed E-state index contributed by atoms with van der Waals surface area (Å²) in [7, 11) is 0. The maximum absolute atomic E-state index is 12.8. The Morgan fingerprint density at radius 3 is 1.81 bits per heavy atom. The van der Waals surface area contributed by atoms with E-state index in [0.717, 1.165) is 56.3 Å². The van der Waals surface area contributed by atoms with Crippen molar-refractivity contribution in [3.8, 4) is 0 Å². The van der Waals surface area contributed by atoms with E-state index in [1.807, 2.05) is 4.90 Å². The number of nitrogens with zero attached hydrogens (tertiary/aromatic N) is 1. The van der Waals surface area contributed by atoms with Crippen molar-refractivity contribution < 1.29 is 14.4 Å². The Balaban J connectivity index is 1.03. The van der Waals surface area contributed by atoms with E-state index in [-0.39, 0.29) is 41.4 Å². The summed E-state index contributed by atoms with van der Waals surface area (Å²) in [6.07, 6.45) is 12.8. The number of rotatable bonds is 4. The zero-order valence-electron chi connectivity index (χ0n) is 19.5. The van der Waals surface area contributed by atoms with Crippen LogP contribution in [0.5, 0.6) is 0 Å². The summed E-state index contributed by atoms with van der Waals surface area (Å²) in [6.45, 7) is 3.03. The molecule has 0 unspecified atom stereocenters.